The molecule has 0 bridgehead atoms. The predicted molar refractivity (Wildman–Crippen MR) is 46.6 cm³/mol. The van der Waals surface area contributed by atoms with Crippen LogP contribution in [0.25, 0.3) is 0 Å². The van der Waals surface area contributed by atoms with Crippen LogP contribution in [-0.4, -0.2) is 22.4 Å². The number of likely N-dealkylation sites (tertiary alicyclic amines) is 1. The lowest BCUT2D eigenvalue weighted by Gasteiger charge is -2.11. The molecule has 1 aliphatic heterocycles. The lowest BCUT2D eigenvalue weighted by molar-refractivity contribution is 0.328. The first-order chi connectivity index (χ1) is 5.45. The molecule has 1 aromatic rings. The van der Waals surface area contributed by atoms with Crippen molar-refractivity contribution in [3.8, 4) is 0 Å². The standard InChI is InChI=1S/C8H12N2S/c1-2-5-10(4-1)7-8-3-6-11-9-8/h3,6H,1-2,4-5,7H2. The summed E-state index contributed by atoms with van der Waals surface area (Å²) in [5.41, 5.74) is 1.23. The maximum Gasteiger partial charge on any atom is 0.0682 e. The Kier molecular flexibility index (Phi) is 2.19. The van der Waals surface area contributed by atoms with E-state index in [-0.39, 0.29) is 0 Å². The summed E-state index contributed by atoms with van der Waals surface area (Å²) in [5, 5.41) is 2.05. The zero-order valence-corrected chi connectivity index (χ0v) is 7.31. The van der Waals surface area contributed by atoms with Gasteiger partial charge in [-0.05, 0) is 43.5 Å². The van der Waals surface area contributed by atoms with E-state index in [2.05, 4.69) is 15.3 Å². The van der Waals surface area contributed by atoms with Gasteiger partial charge in [0.1, 0.15) is 0 Å². The third kappa shape index (κ3) is 1.79. The van der Waals surface area contributed by atoms with Crippen LogP contribution in [0.3, 0.4) is 0 Å². The molecule has 3 heteroatoms. The Bertz CT molecular complexity index is 202. The van der Waals surface area contributed by atoms with Crippen molar-refractivity contribution in [2.45, 2.75) is 19.4 Å². The molecule has 1 aliphatic rings. The Balaban J connectivity index is 1.90. The van der Waals surface area contributed by atoms with Crippen LogP contribution in [-0.2, 0) is 6.54 Å². The van der Waals surface area contributed by atoms with Crippen molar-refractivity contribution in [3.05, 3.63) is 17.1 Å². The Labute approximate surface area is 71.0 Å². The van der Waals surface area contributed by atoms with Crippen molar-refractivity contribution in [1.82, 2.24) is 9.27 Å². The summed E-state index contributed by atoms with van der Waals surface area (Å²) in [6.45, 7) is 3.58. The van der Waals surface area contributed by atoms with Crippen molar-refractivity contribution in [1.29, 1.82) is 0 Å². The molecule has 2 rings (SSSR count). The van der Waals surface area contributed by atoms with Crippen LogP contribution in [0.4, 0.5) is 0 Å². The van der Waals surface area contributed by atoms with Crippen LogP contribution in [0, 0.1) is 0 Å². The molecule has 0 saturated carbocycles. The lowest BCUT2D eigenvalue weighted by Crippen LogP contribution is -2.18. The number of rotatable bonds is 2. The number of aromatic nitrogens is 1. The summed E-state index contributed by atoms with van der Waals surface area (Å²) in [5.74, 6) is 0. The molecular formula is C8H12N2S. The molecule has 2 nitrogen and oxygen atoms in total. The monoisotopic (exact) mass is 168 g/mol. The number of nitrogens with zero attached hydrogens (tertiary/aromatic N) is 2. The minimum absolute atomic E-state index is 1.06. The molecule has 0 unspecified atom stereocenters. The van der Waals surface area contributed by atoms with E-state index in [0.29, 0.717) is 0 Å². The maximum atomic E-state index is 4.28. The molecule has 0 amide bonds. The normalized spacial score (nSPS) is 19.3. The summed E-state index contributed by atoms with van der Waals surface area (Å²) in [7, 11) is 0. The van der Waals surface area contributed by atoms with Crippen LogP contribution < -0.4 is 0 Å². The third-order valence-electron chi connectivity index (χ3n) is 2.08. The molecule has 60 valence electrons. The van der Waals surface area contributed by atoms with E-state index in [1.807, 2.05) is 5.38 Å². The molecule has 0 spiro atoms. The first-order valence-corrected chi connectivity index (χ1v) is 4.90. The highest BCUT2D eigenvalue weighted by molar-refractivity contribution is 7.03. The Morgan fingerprint density at radius 2 is 2.27 bits per heavy atom. The fraction of sp³-hybridized carbons (Fsp3) is 0.625. The van der Waals surface area contributed by atoms with Crippen LogP contribution in [0.15, 0.2) is 11.4 Å². The second kappa shape index (κ2) is 3.32. The number of hydrogen-bond donors (Lipinski definition) is 0. The summed E-state index contributed by atoms with van der Waals surface area (Å²) in [4.78, 5) is 2.47. The fourth-order valence-corrected chi connectivity index (χ4v) is 2.02. The van der Waals surface area contributed by atoms with Crippen molar-refractivity contribution in [2.75, 3.05) is 13.1 Å². The molecule has 0 N–H and O–H groups in total. The lowest BCUT2D eigenvalue weighted by atomic mass is 10.4. The van der Waals surface area contributed by atoms with Gasteiger partial charge in [0.15, 0.2) is 0 Å². The molecule has 11 heavy (non-hydrogen) atoms. The van der Waals surface area contributed by atoms with Gasteiger partial charge in [-0.3, -0.25) is 4.90 Å². The average molecular weight is 168 g/mol. The van der Waals surface area contributed by atoms with Crippen molar-refractivity contribution >= 4 is 11.5 Å². The van der Waals surface area contributed by atoms with Gasteiger partial charge >= 0.3 is 0 Å². The molecule has 0 atom stereocenters. The summed E-state index contributed by atoms with van der Waals surface area (Å²) < 4.78 is 4.28. The second-order valence-electron chi connectivity index (χ2n) is 2.97. The highest BCUT2D eigenvalue weighted by atomic mass is 32.1. The van der Waals surface area contributed by atoms with E-state index in [4.69, 9.17) is 0 Å². The van der Waals surface area contributed by atoms with Crippen LogP contribution >= 0.6 is 11.5 Å². The first kappa shape index (κ1) is 7.25. The van der Waals surface area contributed by atoms with E-state index in [1.165, 1.54) is 31.6 Å². The molecular weight excluding hydrogens is 156 g/mol. The van der Waals surface area contributed by atoms with Crippen LogP contribution in [0.5, 0.6) is 0 Å². The summed E-state index contributed by atoms with van der Waals surface area (Å²) >= 11 is 1.55. The highest BCUT2D eigenvalue weighted by Gasteiger charge is 2.11. The highest BCUT2D eigenvalue weighted by Crippen LogP contribution is 2.11. The largest absolute Gasteiger partial charge is 0.297 e. The smallest absolute Gasteiger partial charge is 0.0682 e. The zero-order valence-electron chi connectivity index (χ0n) is 6.49. The van der Waals surface area contributed by atoms with Gasteiger partial charge in [-0.25, -0.2) is 0 Å². The van der Waals surface area contributed by atoms with Gasteiger partial charge in [-0.1, -0.05) is 0 Å². The predicted octanol–water partition coefficient (Wildman–Crippen LogP) is 1.74. The summed E-state index contributed by atoms with van der Waals surface area (Å²) in [6.07, 6.45) is 2.73. The third-order valence-corrected chi connectivity index (χ3v) is 2.67. The van der Waals surface area contributed by atoms with Crippen molar-refractivity contribution < 1.29 is 0 Å². The Morgan fingerprint density at radius 1 is 1.45 bits per heavy atom. The summed E-state index contributed by atoms with van der Waals surface area (Å²) in [6, 6.07) is 2.11. The van der Waals surface area contributed by atoms with Gasteiger partial charge in [0.05, 0.1) is 5.69 Å². The van der Waals surface area contributed by atoms with E-state index in [0.717, 1.165) is 6.54 Å². The second-order valence-corrected chi connectivity index (χ2v) is 3.64. The molecule has 1 aromatic heterocycles. The van der Waals surface area contributed by atoms with E-state index in [9.17, 15) is 0 Å². The average Bonchev–Trinajstić information content (AvgIpc) is 2.60. The molecule has 0 aromatic carbocycles. The fourth-order valence-electron chi connectivity index (χ4n) is 1.49. The molecule has 2 heterocycles. The molecule has 0 radical (unpaired) electrons. The number of hydrogen-bond acceptors (Lipinski definition) is 3. The van der Waals surface area contributed by atoms with Gasteiger partial charge in [0.2, 0.25) is 0 Å². The van der Waals surface area contributed by atoms with Gasteiger partial charge in [-0.2, -0.15) is 4.37 Å². The Morgan fingerprint density at radius 3 is 2.91 bits per heavy atom. The van der Waals surface area contributed by atoms with E-state index >= 15 is 0 Å². The van der Waals surface area contributed by atoms with Gasteiger partial charge in [0, 0.05) is 11.9 Å². The van der Waals surface area contributed by atoms with Crippen molar-refractivity contribution in [3.63, 3.8) is 0 Å². The first-order valence-electron chi connectivity index (χ1n) is 4.07. The topological polar surface area (TPSA) is 16.1 Å². The van der Waals surface area contributed by atoms with Gasteiger partial charge in [-0.15, -0.1) is 0 Å². The molecule has 0 aliphatic carbocycles. The van der Waals surface area contributed by atoms with Crippen LogP contribution in [0.1, 0.15) is 18.5 Å². The minimum Gasteiger partial charge on any atom is -0.297 e. The quantitative estimate of drug-likeness (QED) is 0.668. The minimum atomic E-state index is 1.06. The van der Waals surface area contributed by atoms with E-state index in [1.54, 1.807) is 11.5 Å². The molecule has 1 fully saturated rings. The van der Waals surface area contributed by atoms with E-state index < -0.39 is 0 Å². The maximum absolute atomic E-state index is 4.28. The Hall–Kier alpha value is -0.410. The van der Waals surface area contributed by atoms with Gasteiger partial charge in [0.25, 0.3) is 0 Å². The molecule has 1 saturated heterocycles. The van der Waals surface area contributed by atoms with Gasteiger partial charge < -0.3 is 0 Å². The van der Waals surface area contributed by atoms with Crippen molar-refractivity contribution in [2.24, 2.45) is 0 Å². The SMILES string of the molecule is c1cc(CN2CCCC2)ns1. The zero-order chi connectivity index (χ0) is 7.52. The van der Waals surface area contributed by atoms with Crippen LogP contribution in [0.2, 0.25) is 0 Å².